The van der Waals surface area contributed by atoms with E-state index in [2.05, 4.69) is 23.3 Å². The van der Waals surface area contributed by atoms with Gasteiger partial charge in [-0.15, -0.1) is 0 Å². The third-order valence-electron chi connectivity index (χ3n) is 6.98. The maximum Gasteiger partial charge on any atom is 0.135 e. The van der Waals surface area contributed by atoms with Crippen molar-refractivity contribution in [3.63, 3.8) is 0 Å². The molecule has 5 nitrogen and oxygen atoms in total. The molecule has 1 heterocycles. The smallest absolute Gasteiger partial charge is 0.135 e. The molecule has 8 heteroatoms. The molecular weight excluding hydrogens is 536 g/mol. The number of nitrogens with one attached hydrogen (secondary N) is 1. The molecular formula is C33H17F2N5S. The largest absolute Gasteiger partial charge is 0.298 e. The lowest BCUT2D eigenvalue weighted by atomic mass is 9.82. The molecule has 1 aromatic heterocycles. The number of nitrogens with zero attached hydrogens (tertiary/aromatic N) is 4. The van der Waals surface area contributed by atoms with E-state index in [0.717, 1.165) is 23.1 Å². The van der Waals surface area contributed by atoms with Crippen molar-refractivity contribution >= 4 is 46.8 Å². The van der Waals surface area contributed by atoms with Crippen LogP contribution in [0.15, 0.2) is 89.3 Å². The Morgan fingerprint density at radius 2 is 1.44 bits per heavy atom. The van der Waals surface area contributed by atoms with Crippen molar-refractivity contribution < 1.29 is 8.78 Å². The molecule has 41 heavy (non-hydrogen) atoms. The minimum absolute atomic E-state index is 0.100. The lowest BCUT2D eigenvalue weighted by Crippen LogP contribution is -2.22. The SMILES string of the molecule is N#Cc1cccc(-c2nc3ccccc3c3c2C=C(c2ccc(-c4c(F)cc(C#N)cc4F)cc2)C(=NS)C3=N)c1. The second-order valence-corrected chi connectivity index (χ2v) is 9.54. The number of thiol groups is 1. The molecule has 0 spiro atoms. The second kappa shape index (κ2) is 10.3. The van der Waals surface area contributed by atoms with E-state index in [-0.39, 0.29) is 16.8 Å². The number of hydrogen-bond donors (Lipinski definition) is 2. The average molecular weight is 554 g/mol. The van der Waals surface area contributed by atoms with Crippen LogP contribution < -0.4 is 0 Å². The van der Waals surface area contributed by atoms with E-state index in [1.54, 1.807) is 48.5 Å². The summed E-state index contributed by atoms with van der Waals surface area (Å²) in [5.74, 6) is -1.66. The Bertz CT molecular complexity index is 2040. The van der Waals surface area contributed by atoms with Crippen LogP contribution in [0.2, 0.25) is 0 Å². The van der Waals surface area contributed by atoms with Gasteiger partial charge in [-0.2, -0.15) is 10.5 Å². The fraction of sp³-hybridized carbons (Fsp3) is 0. The third-order valence-corrected chi connectivity index (χ3v) is 7.18. The molecule has 0 radical (unpaired) electrons. The van der Waals surface area contributed by atoms with E-state index in [9.17, 15) is 19.5 Å². The maximum atomic E-state index is 14.7. The van der Waals surface area contributed by atoms with Crippen molar-refractivity contribution in [1.82, 2.24) is 4.98 Å². The summed E-state index contributed by atoms with van der Waals surface area (Å²) in [5.41, 5.74) is 5.52. The Kier molecular flexibility index (Phi) is 6.47. The number of nitriles is 2. The van der Waals surface area contributed by atoms with Crippen LogP contribution in [0.25, 0.3) is 44.9 Å². The number of rotatable bonds is 3. The minimum Gasteiger partial charge on any atom is -0.298 e. The molecule has 0 unspecified atom stereocenters. The van der Waals surface area contributed by atoms with E-state index in [4.69, 9.17) is 10.2 Å². The molecule has 194 valence electrons. The Labute approximate surface area is 239 Å². The average Bonchev–Trinajstić information content (AvgIpc) is 3.00. The van der Waals surface area contributed by atoms with Gasteiger partial charge in [0, 0.05) is 27.6 Å². The summed E-state index contributed by atoms with van der Waals surface area (Å²) in [7, 11) is 0. The maximum absolute atomic E-state index is 14.7. The first-order valence-corrected chi connectivity index (χ1v) is 12.8. The summed E-state index contributed by atoms with van der Waals surface area (Å²) in [6.45, 7) is 0. The van der Waals surface area contributed by atoms with Gasteiger partial charge in [0.25, 0.3) is 0 Å². The summed E-state index contributed by atoms with van der Waals surface area (Å²) in [6.07, 6.45) is 1.88. The van der Waals surface area contributed by atoms with Gasteiger partial charge < -0.3 is 0 Å². The topological polar surface area (TPSA) is 96.7 Å². The molecule has 1 aliphatic rings. The first-order chi connectivity index (χ1) is 19.9. The highest BCUT2D eigenvalue weighted by molar-refractivity contribution is 7.79. The van der Waals surface area contributed by atoms with Crippen molar-refractivity contribution in [2.75, 3.05) is 0 Å². The summed E-state index contributed by atoms with van der Waals surface area (Å²) in [6, 6.07) is 27.1. The van der Waals surface area contributed by atoms with Crippen LogP contribution in [-0.2, 0) is 0 Å². The normalized spacial score (nSPS) is 13.4. The number of fused-ring (bicyclic) bond motifs is 3. The predicted octanol–water partition coefficient (Wildman–Crippen LogP) is 7.80. The van der Waals surface area contributed by atoms with Crippen LogP contribution in [0.5, 0.6) is 0 Å². The number of para-hydroxylation sites is 1. The van der Waals surface area contributed by atoms with Crippen molar-refractivity contribution in [2.24, 2.45) is 4.40 Å². The molecule has 4 aromatic carbocycles. The number of benzene rings is 4. The van der Waals surface area contributed by atoms with Gasteiger partial charge in [0.05, 0.1) is 45.8 Å². The zero-order valence-electron chi connectivity index (χ0n) is 21.2. The Morgan fingerprint density at radius 1 is 0.756 bits per heavy atom. The standard InChI is InChI=1S/C33H17F2N5S/c34-26-13-19(17-37)14-27(35)29(26)21-10-8-20(9-11-21)24-15-25-30(31(38)33(24)40-41)23-6-1-2-7-28(23)39-32(25)22-5-3-4-18(12-22)16-36/h1-15,38,41H. The van der Waals surface area contributed by atoms with E-state index in [1.807, 2.05) is 36.4 Å². The van der Waals surface area contributed by atoms with Crippen molar-refractivity contribution in [3.8, 4) is 34.5 Å². The van der Waals surface area contributed by atoms with Gasteiger partial charge in [-0.3, -0.25) is 5.41 Å². The highest BCUT2D eigenvalue weighted by atomic mass is 32.1. The fourth-order valence-corrected chi connectivity index (χ4v) is 5.32. The number of halogens is 2. The van der Waals surface area contributed by atoms with Crippen LogP contribution in [0, 0.1) is 39.7 Å². The van der Waals surface area contributed by atoms with Crippen LogP contribution in [0.1, 0.15) is 27.8 Å². The summed E-state index contributed by atoms with van der Waals surface area (Å²) >= 11 is 4.19. The molecule has 0 saturated carbocycles. The minimum atomic E-state index is -0.832. The van der Waals surface area contributed by atoms with Crippen LogP contribution in [0.4, 0.5) is 8.78 Å². The van der Waals surface area contributed by atoms with Gasteiger partial charge in [-0.05, 0) is 60.3 Å². The molecule has 0 saturated heterocycles. The monoisotopic (exact) mass is 553 g/mol. The summed E-state index contributed by atoms with van der Waals surface area (Å²) in [5, 5.41) is 28.4. The molecule has 0 aliphatic heterocycles. The van der Waals surface area contributed by atoms with Gasteiger partial charge in [-0.1, -0.05) is 54.6 Å². The fourth-order valence-electron chi connectivity index (χ4n) is 5.11. The van der Waals surface area contributed by atoms with E-state index in [0.29, 0.717) is 50.3 Å². The molecule has 0 atom stereocenters. The number of allylic oxidation sites excluding steroid dienone is 1. The highest BCUT2D eigenvalue weighted by Crippen LogP contribution is 2.39. The molecule has 5 aromatic rings. The summed E-state index contributed by atoms with van der Waals surface area (Å²) in [4.78, 5) is 4.92. The number of pyridine rings is 1. The van der Waals surface area contributed by atoms with Gasteiger partial charge in [0.15, 0.2) is 0 Å². The number of hydrogen-bond acceptors (Lipinski definition) is 6. The molecule has 0 bridgehead atoms. The van der Waals surface area contributed by atoms with Crippen LogP contribution in [0.3, 0.4) is 0 Å². The van der Waals surface area contributed by atoms with Gasteiger partial charge >= 0.3 is 0 Å². The van der Waals surface area contributed by atoms with E-state index in [1.165, 1.54) is 0 Å². The van der Waals surface area contributed by atoms with Gasteiger partial charge in [-0.25, -0.2) is 18.2 Å². The quantitative estimate of drug-likeness (QED) is 0.223. The van der Waals surface area contributed by atoms with E-state index < -0.39 is 11.6 Å². The lowest BCUT2D eigenvalue weighted by molar-refractivity contribution is 0.589. The summed E-state index contributed by atoms with van der Waals surface area (Å²) < 4.78 is 33.5. The Balaban J connectivity index is 1.56. The van der Waals surface area contributed by atoms with Crippen LogP contribution in [-0.4, -0.2) is 16.4 Å². The van der Waals surface area contributed by atoms with Gasteiger partial charge in [0.2, 0.25) is 0 Å². The second-order valence-electron chi connectivity index (χ2n) is 9.34. The van der Waals surface area contributed by atoms with E-state index >= 15 is 0 Å². The molecule has 1 N–H and O–H groups in total. The zero-order chi connectivity index (χ0) is 28.7. The van der Waals surface area contributed by atoms with Crippen molar-refractivity contribution in [3.05, 3.63) is 124 Å². The van der Waals surface area contributed by atoms with Crippen LogP contribution >= 0.6 is 12.8 Å². The third kappa shape index (κ3) is 4.37. The Morgan fingerprint density at radius 3 is 2.12 bits per heavy atom. The molecule has 0 fully saturated rings. The van der Waals surface area contributed by atoms with Gasteiger partial charge in [0.1, 0.15) is 17.3 Å². The lowest BCUT2D eigenvalue weighted by Gasteiger charge is -2.23. The molecule has 1 aliphatic carbocycles. The molecule has 6 rings (SSSR count). The molecule has 0 amide bonds. The first-order valence-electron chi connectivity index (χ1n) is 12.4. The van der Waals surface area contributed by atoms with Crippen molar-refractivity contribution in [1.29, 1.82) is 15.9 Å². The first kappa shape index (κ1) is 25.8. The zero-order valence-corrected chi connectivity index (χ0v) is 22.0. The Hall–Kier alpha value is -5.44. The number of aromatic nitrogens is 1. The van der Waals surface area contributed by atoms with Crippen molar-refractivity contribution in [2.45, 2.75) is 0 Å². The predicted molar refractivity (Wildman–Crippen MR) is 160 cm³/mol. The highest BCUT2D eigenvalue weighted by Gasteiger charge is 2.29.